The number of carboxylic acids is 3. The van der Waals surface area contributed by atoms with Crippen LogP contribution in [0.5, 0.6) is 0 Å². The summed E-state index contributed by atoms with van der Waals surface area (Å²) in [6, 6.07) is -11.4. The van der Waals surface area contributed by atoms with Gasteiger partial charge in [-0.1, -0.05) is 20.3 Å². The van der Waals surface area contributed by atoms with E-state index in [0.717, 1.165) is 11.8 Å². The molecule has 0 aliphatic carbocycles. The van der Waals surface area contributed by atoms with Gasteiger partial charge in [0, 0.05) is 6.54 Å². The number of amides is 8. The van der Waals surface area contributed by atoms with Crippen LogP contribution < -0.4 is 43.4 Å². The predicted molar refractivity (Wildman–Crippen MR) is 190 cm³/mol. The largest absolute Gasteiger partial charge is 0.481 e. The number of nitrogens with two attached hydrogens (primary N) is 2. The van der Waals surface area contributed by atoms with Crippen LogP contribution in [0.25, 0.3) is 0 Å². The van der Waals surface area contributed by atoms with Crippen molar-refractivity contribution in [2.24, 2.45) is 17.4 Å². The smallest absolute Gasteiger partial charge is 0.328 e. The van der Waals surface area contributed by atoms with Crippen LogP contribution >= 0.6 is 0 Å². The van der Waals surface area contributed by atoms with Crippen LogP contribution in [0.3, 0.4) is 0 Å². The van der Waals surface area contributed by atoms with Crippen molar-refractivity contribution in [1.82, 2.24) is 36.8 Å². The van der Waals surface area contributed by atoms with Crippen LogP contribution in [-0.4, -0.2) is 164 Å². The minimum Gasteiger partial charge on any atom is -0.481 e. The third-order valence-corrected chi connectivity index (χ3v) is 8.75. The lowest BCUT2D eigenvalue weighted by molar-refractivity contribution is -0.146. The number of hydrogen-bond acceptors (Lipinski definition) is 14. The van der Waals surface area contributed by atoms with E-state index >= 15 is 0 Å². The van der Waals surface area contributed by atoms with Gasteiger partial charge in [0.05, 0.1) is 44.6 Å². The lowest BCUT2D eigenvalue weighted by Gasteiger charge is -2.30. The molecule has 0 spiro atoms. The average molecular weight is 818 g/mol. The van der Waals surface area contributed by atoms with E-state index in [0.29, 0.717) is 6.42 Å². The summed E-state index contributed by atoms with van der Waals surface area (Å²) in [6.45, 7) is 2.37. The van der Waals surface area contributed by atoms with Gasteiger partial charge < -0.3 is 73.8 Å². The number of carboxylic acid groups (broad SMARTS) is 3. The first-order chi connectivity index (χ1) is 26.5. The van der Waals surface area contributed by atoms with Gasteiger partial charge in [-0.25, -0.2) is 4.79 Å². The second kappa shape index (κ2) is 23.2. The molecule has 57 heavy (non-hydrogen) atoms. The molecule has 15 N–H and O–H groups in total. The Kier molecular flexibility index (Phi) is 20.0. The maximum absolute atomic E-state index is 13.5. The monoisotopic (exact) mass is 817 g/mol. The SMILES string of the molecule is CC[C@H](C)[C@H](N)C(=O)N[C@@H](CC(=O)O)C(=O)N1CCC[C@H]1C(=O)N[C@@H](CO)C(=O)N[C@@H](CC(N)=O)C(=O)NCC(=O)N[C@@H](CC(=O)O)C(=O)N[C@H](C(=O)O)[C@@H](C)O. The van der Waals surface area contributed by atoms with Crippen molar-refractivity contribution in [3.8, 4) is 0 Å². The van der Waals surface area contributed by atoms with Gasteiger partial charge in [-0.3, -0.25) is 47.9 Å². The fraction of sp³-hybridized carbons (Fsp3) is 0.656. The molecule has 1 rings (SSSR count). The summed E-state index contributed by atoms with van der Waals surface area (Å²) in [5.41, 5.74) is 11.1. The number of carbonyl (C=O) groups is 11. The number of hydrogen-bond donors (Lipinski definition) is 13. The van der Waals surface area contributed by atoms with Crippen LogP contribution in [-0.2, 0) is 52.7 Å². The first-order valence-electron chi connectivity index (χ1n) is 17.6. The topological polar surface area (TPSA) is 416 Å². The van der Waals surface area contributed by atoms with E-state index < -0.39 is 146 Å². The highest BCUT2D eigenvalue weighted by Crippen LogP contribution is 2.20. The molecule has 25 nitrogen and oxygen atoms in total. The van der Waals surface area contributed by atoms with Crippen molar-refractivity contribution in [2.45, 2.75) is 108 Å². The number of aliphatic hydroxyl groups is 2. The third kappa shape index (κ3) is 16.0. The number of nitrogens with one attached hydrogen (secondary N) is 6. The van der Waals surface area contributed by atoms with Gasteiger partial charge in [0.1, 0.15) is 30.2 Å². The van der Waals surface area contributed by atoms with Crippen molar-refractivity contribution in [3.05, 3.63) is 0 Å². The summed E-state index contributed by atoms with van der Waals surface area (Å²) in [4.78, 5) is 137. The van der Waals surface area contributed by atoms with Crippen molar-refractivity contribution in [2.75, 3.05) is 19.7 Å². The maximum Gasteiger partial charge on any atom is 0.328 e. The molecule has 320 valence electrons. The van der Waals surface area contributed by atoms with E-state index in [1.165, 1.54) is 0 Å². The summed E-state index contributed by atoms with van der Waals surface area (Å²) < 4.78 is 0. The predicted octanol–water partition coefficient (Wildman–Crippen LogP) is -6.83. The van der Waals surface area contributed by atoms with E-state index in [9.17, 15) is 68.1 Å². The van der Waals surface area contributed by atoms with Gasteiger partial charge in [0.15, 0.2) is 6.04 Å². The number of rotatable bonds is 24. The summed E-state index contributed by atoms with van der Waals surface area (Å²) >= 11 is 0. The Morgan fingerprint density at radius 2 is 1.28 bits per heavy atom. The Morgan fingerprint density at radius 3 is 1.79 bits per heavy atom. The van der Waals surface area contributed by atoms with E-state index in [-0.39, 0.29) is 25.3 Å². The second-order valence-corrected chi connectivity index (χ2v) is 13.2. The number of carbonyl (C=O) groups excluding carboxylic acids is 8. The molecule has 0 bridgehead atoms. The molecule has 8 amide bonds. The third-order valence-electron chi connectivity index (χ3n) is 8.75. The molecule has 25 heteroatoms. The van der Waals surface area contributed by atoms with Crippen LogP contribution in [0, 0.1) is 5.92 Å². The van der Waals surface area contributed by atoms with Crippen molar-refractivity contribution < 1.29 is 78.3 Å². The molecule has 1 aliphatic heterocycles. The molecule has 1 fully saturated rings. The van der Waals surface area contributed by atoms with E-state index in [1.54, 1.807) is 13.8 Å². The van der Waals surface area contributed by atoms with Gasteiger partial charge in [-0.15, -0.1) is 0 Å². The maximum atomic E-state index is 13.5. The second-order valence-electron chi connectivity index (χ2n) is 13.2. The molecule has 0 radical (unpaired) electrons. The highest BCUT2D eigenvalue weighted by Gasteiger charge is 2.40. The summed E-state index contributed by atoms with van der Waals surface area (Å²) in [5.74, 6) is -13.8. The molecular formula is C32H51N9O16. The zero-order valence-electron chi connectivity index (χ0n) is 31.4. The number of aliphatic carboxylic acids is 3. The first-order valence-corrected chi connectivity index (χ1v) is 17.6. The van der Waals surface area contributed by atoms with Gasteiger partial charge in [0.25, 0.3) is 0 Å². The van der Waals surface area contributed by atoms with E-state index in [2.05, 4.69) is 16.0 Å². The minimum absolute atomic E-state index is 0.0297. The molecule has 0 aromatic heterocycles. The lowest BCUT2D eigenvalue weighted by Crippen LogP contribution is -2.60. The molecule has 0 aromatic carbocycles. The Bertz CT molecular complexity index is 1540. The van der Waals surface area contributed by atoms with Gasteiger partial charge in [-0.2, -0.15) is 0 Å². The Labute approximate surface area is 325 Å². The normalized spacial score (nSPS) is 17.8. The number of likely N-dealkylation sites (tertiary alicyclic amines) is 1. The van der Waals surface area contributed by atoms with Crippen LogP contribution in [0.4, 0.5) is 0 Å². The van der Waals surface area contributed by atoms with E-state index in [1.807, 2.05) is 16.0 Å². The standard InChI is InChI=1S/C32H51N9O16/c1-4-13(2)24(34)30(54)38-17(10-23(48)49)31(55)41-7-5-6-19(41)29(53)39-18(12-42)28(52)37-15(8-20(33)44)26(50)35-11-21(45)36-16(9-22(46)47)27(51)40-25(14(3)43)32(56)57/h13-19,24-25,42-43H,4-12,34H2,1-3H3,(H2,33,44)(H,35,50)(H,36,45)(H,37,52)(H,38,54)(H,39,53)(H,40,51)(H,46,47)(H,48,49)(H,56,57)/t13-,14+,15-,16-,17-,18-,19-,24-,25-/m0/s1. The molecule has 1 aliphatic rings. The van der Waals surface area contributed by atoms with Gasteiger partial charge >= 0.3 is 17.9 Å². The zero-order chi connectivity index (χ0) is 43.7. The Hall–Kier alpha value is -5.95. The highest BCUT2D eigenvalue weighted by atomic mass is 16.4. The minimum atomic E-state index is -1.89. The summed E-state index contributed by atoms with van der Waals surface area (Å²) in [7, 11) is 0. The van der Waals surface area contributed by atoms with Crippen LogP contribution in [0.1, 0.15) is 59.3 Å². The van der Waals surface area contributed by atoms with Crippen molar-refractivity contribution in [3.63, 3.8) is 0 Å². The fourth-order valence-electron chi connectivity index (χ4n) is 5.37. The number of nitrogens with zero attached hydrogens (tertiary/aromatic N) is 1. The first kappa shape index (κ1) is 49.1. The molecule has 1 heterocycles. The number of primary amides is 1. The quantitative estimate of drug-likeness (QED) is 0.0430. The Morgan fingerprint density at radius 1 is 0.737 bits per heavy atom. The van der Waals surface area contributed by atoms with E-state index in [4.69, 9.17) is 21.7 Å². The highest BCUT2D eigenvalue weighted by molar-refractivity contribution is 5.99. The average Bonchev–Trinajstić information content (AvgIpc) is 3.62. The molecule has 9 atom stereocenters. The van der Waals surface area contributed by atoms with Crippen LogP contribution in [0.15, 0.2) is 0 Å². The van der Waals surface area contributed by atoms with Crippen LogP contribution in [0.2, 0.25) is 0 Å². The van der Waals surface area contributed by atoms with Gasteiger partial charge in [-0.05, 0) is 25.7 Å². The van der Waals surface area contributed by atoms with Gasteiger partial charge in [0.2, 0.25) is 47.3 Å². The number of aliphatic hydroxyl groups excluding tert-OH is 2. The fourth-order valence-corrected chi connectivity index (χ4v) is 5.37. The van der Waals surface area contributed by atoms with Crippen molar-refractivity contribution >= 4 is 65.2 Å². The molecular weight excluding hydrogens is 766 g/mol. The Balaban J connectivity index is 3.04. The zero-order valence-corrected chi connectivity index (χ0v) is 31.4. The summed E-state index contributed by atoms with van der Waals surface area (Å²) in [5, 5.41) is 59.7. The van der Waals surface area contributed by atoms with Crippen molar-refractivity contribution in [1.29, 1.82) is 0 Å². The molecule has 0 unspecified atom stereocenters. The summed E-state index contributed by atoms with van der Waals surface area (Å²) in [6.07, 6.45) is -3.60. The molecule has 0 saturated carbocycles. The molecule has 0 aromatic rings. The lowest BCUT2D eigenvalue weighted by atomic mass is 9.99. The molecule has 1 saturated heterocycles.